The van der Waals surface area contributed by atoms with Crippen LogP contribution in [0.4, 0.5) is 51.2 Å². The summed E-state index contributed by atoms with van der Waals surface area (Å²) in [5.41, 5.74) is 32.8. The Morgan fingerprint density at radius 1 is 0.158 bits per heavy atom. The minimum absolute atomic E-state index is 0.0511. The van der Waals surface area contributed by atoms with E-state index in [4.69, 9.17) is 0 Å². The average Bonchev–Trinajstić information content (AvgIpc) is 0.725. The van der Waals surface area contributed by atoms with Crippen molar-refractivity contribution in [3.63, 3.8) is 0 Å². The SMILES string of the molecule is c1ccc(-c2ccc(N3c4ccccc4B(c4ccc5ccccc5c4)c4ccccc43)cc2)cc1.c1ccc(-c2ccc(N3c4ccccc4B(c4cccc5ccccc45)c4ccccc43)cc2)cc1.c1ccc(-c2cccc(-c3ccccc3)c2B2c3ccccc3N(c3cccc4ccccc34)c3ccccc32)cc1. The summed E-state index contributed by atoms with van der Waals surface area (Å²) in [4.78, 5) is 7.30. The summed E-state index contributed by atoms with van der Waals surface area (Å²) in [6.07, 6.45) is 0. The zero-order valence-electron chi connectivity index (χ0n) is 63.0. The lowest BCUT2D eigenvalue weighted by atomic mass is 9.33. The quantitative estimate of drug-likeness (QED) is 0.126. The highest BCUT2D eigenvalue weighted by Gasteiger charge is 2.40. The van der Waals surface area contributed by atoms with E-state index in [0.29, 0.717) is 0 Å². The molecule has 0 bridgehead atoms. The first-order valence-electron chi connectivity index (χ1n) is 39.6. The number of anilines is 9. The third kappa shape index (κ3) is 12.7. The summed E-state index contributed by atoms with van der Waals surface area (Å²) in [6, 6.07) is 167. The molecular formula is C108H76B3N3. The van der Waals surface area contributed by atoms with E-state index < -0.39 is 0 Å². The first kappa shape index (κ1) is 68.8. The molecule has 0 atom stereocenters. The molecule has 3 aliphatic heterocycles. The largest absolute Gasteiger partial charge is 0.312 e. The van der Waals surface area contributed by atoms with Gasteiger partial charge in [0.05, 0.1) is 5.69 Å². The van der Waals surface area contributed by atoms with Gasteiger partial charge in [-0.15, -0.1) is 0 Å². The van der Waals surface area contributed by atoms with Gasteiger partial charge in [-0.05, 0) is 171 Å². The van der Waals surface area contributed by atoms with E-state index in [-0.39, 0.29) is 20.1 Å². The van der Waals surface area contributed by atoms with Gasteiger partial charge in [0.1, 0.15) is 0 Å². The van der Waals surface area contributed by atoms with Crippen LogP contribution in [0.3, 0.4) is 0 Å². The number of hydrogen-bond acceptors (Lipinski definition) is 3. The minimum atomic E-state index is 0.0511. The van der Waals surface area contributed by atoms with Crippen LogP contribution in [0.1, 0.15) is 0 Å². The second kappa shape index (κ2) is 30.4. The van der Waals surface area contributed by atoms with Gasteiger partial charge in [-0.3, -0.25) is 0 Å². The smallest absolute Gasteiger partial charge is 0.248 e. The molecule has 0 aromatic heterocycles. The van der Waals surface area contributed by atoms with Crippen molar-refractivity contribution in [1.29, 1.82) is 0 Å². The van der Waals surface area contributed by atoms with Gasteiger partial charge in [0.2, 0.25) is 20.1 Å². The van der Waals surface area contributed by atoms with Gasteiger partial charge in [0.15, 0.2) is 0 Å². The molecule has 0 spiro atoms. The molecule has 22 rings (SSSR count). The van der Waals surface area contributed by atoms with Crippen molar-refractivity contribution in [3.05, 3.63) is 461 Å². The molecule has 532 valence electrons. The molecular weight excluding hydrogens is 1370 g/mol. The molecule has 19 aromatic carbocycles. The number of rotatable bonds is 10. The lowest BCUT2D eigenvalue weighted by Gasteiger charge is -2.38. The monoisotopic (exact) mass is 1450 g/mol. The molecule has 3 aliphatic rings. The molecule has 3 nitrogen and oxygen atoms in total. The maximum Gasteiger partial charge on any atom is 0.248 e. The van der Waals surface area contributed by atoms with E-state index in [1.54, 1.807) is 0 Å². The Kier molecular flexibility index (Phi) is 18.4. The van der Waals surface area contributed by atoms with Gasteiger partial charge in [-0.25, -0.2) is 0 Å². The molecule has 0 fully saturated rings. The third-order valence-corrected chi connectivity index (χ3v) is 23.2. The van der Waals surface area contributed by atoms with Crippen LogP contribution in [0.25, 0.3) is 76.8 Å². The third-order valence-electron chi connectivity index (χ3n) is 23.2. The first-order chi connectivity index (χ1) is 56.6. The zero-order chi connectivity index (χ0) is 75.7. The second-order valence-corrected chi connectivity index (χ2v) is 29.7. The normalized spacial score (nSPS) is 12.3. The molecule has 0 radical (unpaired) electrons. The van der Waals surface area contributed by atoms with E-state index in [1.807, 2.05) is 0 Å². The molecule has 0 saturated carbocycles. The van der Waals surface area contributed by atoms with Gasteiger partial charge in [-0.2, -0.15) is 0 Å². The van der Waals surface area contributed by atoms with Crippen molar-refractivity contribution < 1.29 is 0 Å². The highest BCUT2D eigenvalue weighted by atomic mass is 15.2. The fraction of sp³-hybridized carbons (Fsp3) is 0. The molecule has 0 amide bonds. The minimum Gasteiger partial charge on any atom is -0.312 e. The summed E-state index contributed by atoms with van der Waals surface area (Å²) in [5.74, 6) is 0. The summed E-state index contributed by atoms with van der Waals surface area (Å²) in [5, 5.41) is 7.65. The fourth-order valence-corrected chi connectivity index (χ4v) is 18.1. The van der Waals surface area contributed by atoms with Crippen LogP contribution < -0.4 is 63.9 Å². The molecule has 3 heterocycles. The number of hydrogen-bond donors (Lipinski definition) is 0. The first-order valence-corrected chi connectivity index (χ1v) is 39.6. The van der Waals surface area contributed by atoms with E-state index in [1.165, 1.54) is 177 Å². The van der Waals surface area contributed by atoms with E-state index >= 15 is 0 Å². The molecule has 6 heteroatoms. The van der Waals surface area contributed by atoms with Crippen LogP contribution in [-0.4, -0.2) is 20.1 Å². The van der Waals surface area contributed by atoms with E-state index in [9.17, 15) is 0 Å². The Bertz CT molecular complexity index is 6500. The summed E-state index contributed by atoms with van der Waals surface area (Å²) >= 11 is 0. The lowest BCUT2D eigenvalue weighted by molar-refractivity contribution is 1.29. The van der Waals surface area contributed by atoms with Crippen molar-refractivity contribution in [2.24, 2.45) is 0 Å². The van der Waals surface area contributed by atoms with E-state index in [0.717, 1.165) is 0 Å². The Hall–Kier alpha value is -14.4. The Morgan fingerprint density at radius 3 is 0.912 bits per heavy atom. The maximum atomic E-state index is 2.47. The lowest BCUT2D eigenvalue weighted by Crippen LogP contribution is -2.58. The Balaban J connectivity index is 0.000000111. The highest BCUT2D eigenvalue weighted by Crippen LogP contribution is 2.43. The predicted octanol–water partition coefficient (Wildman–Crippen LogP) is 22.1. The van der Waals surface area contributed by atoms with Crippen LogP contribution in [-0.2, 0) is 0 Å². The number of fused-ring (bicyclic) bond motifs is 9. The van der Waals surface area contributed by atoms with E-state index in [2.05, 4.69) is 476 Å². The van der Waals surface area contributed by atoms with Crippen molar-refractivity contribution in [2.45, 2.75) is 0 Å². The number of benzene rings is 19. The van der Waals surface area contributed by atoms with Crippen molar-refractivity contribution in [2.75, 3.05) is 14.7 Å². The standard InChI is InChI=1S/C40H28BN.2C34H24BN/c1-3-15-30(16-4-1)33-22-14-23-34(31-17-5-2-6-18-31)40(33)41-35-24-9-11-26-38(35)42(39-27-12-10-25-36(39)41)37-28-13-20-29-19-7-8-21-32(29)37;1-2-11-25(12-3-1)26-21-23-28(24-22-26)36-33-19-8-6-16-31(33)35(32-17-7-9-20-34(32)36)30-18-10-14-27-13-4-5-15-29(27)30;1-2-10-25(11-3-1)27-19-22-30(23-20-27)36-33-16-8-6-14-31(33)35(32-15-7-9-17-34(32)36)29-21-18-26-12-4-5-13-28(26)24-29/h1-28H;2*1-24H. The van der Waals surface area contributed by atoms with Gasteiger partial charge in [0, 0.05) is 50.9 Å². The Morgan fingerprint density at radius 2 is 0.456 bits per heavy atom. The van der Waals surface area contributed by atoms with Crippen LogP contribution >= 0.6 is 0 Å². The van der Waals surface area contributed by atoms with Gasteiger partial charge >= 0.3 is 0 Å². The predicted molar refractivity (Wildman–Crippen MR) is 491 cm³/mol. The molecule has 0 N–H and O–H groups in total. The summed E-state index contributed by atoms with van der Waals surface area (Å²) in [6.45, 7) is 0.403. The summed E-state index contributed by atoms with van der Waals surface area (Å²) < 4.78 is 0. The second-order valence-electron chi connectivity index (χ2n) is 29.7. The van der Waals surface area contributed by atoms with Gasteiger partial charge in [-0.1, -0.05) is 411 Å². The van der Waals surface area contributed by atoms with Crippen molar-refractivity contribution in [1.82, 2.24) is 0 Å². The number of nitrogens with zero attached hydrogens (tertiary/aromatic N) is 3. The van der Waals surface area contributed by atoms with Crippen molar-refractivity contribution >= 4 is 153 Å². The van der Waals surface area contributed by atoms with Crippen LogP contribution in [0, 0.1) is 0 Å². The van der Waals surface area contributed by atoms with Crippen LogP contribution in [0.5, 0.6) is 0 Å². The highest BCUT2D eigenvalue weighted by molar-refractivity contribution is 7.00. The topological polar surface area (TPSA) is 9.72 Å². The molecule has 19 aromatic rings. The molecule has 0 aliphatic carbocycles. The van der Waals surface area contributed by atoms with Gasteiger partial charge < -0.3 is 14.7 Å². The van der Waals surface area contributed by atoms with Crippen molar-refractivity contribution in [3.8, 4) is 44.5 Å². The molecule has 114 heavy (non-hydrogen) atoms. The maximum absolute atomic E-state index is 2.47. The van der Waals surface area contributed by atoms with Gasteiger partial charge in [0.25, 0.3) is 0 Å². The zero-order valence-corrected chi connectivity index (χ0v) is 63.0. The average molecular weight is 1450 g/mol. The summed E-state index contributed by atoms with van der Waals surface area (Å²) in [7, 11) is 0. The number of para-hydroxylation sites is 6. The fourth-order valence-electron chi connectivity index (χ4n) is 18.1. The van der Waals surface area contributed by atoms with Crippen LogP contribution in [0.15, 0.2) is 461 Å². The molecule has 0 saturated heterocycles. The van der Waals surface area contributed by atoms with Crippen LogP contribution in [0.2, 0.25) is 0 Å². The Labute approximate surface area is 668 Å². The molecule has 0 unspecified atom stereocenters.